The Morgan fingerprint density at radius 3 is 2.97 bits per heavy atom. The predicted molar refractivity (Wildman–Crippen MR) is 117 cm³/mol. The van der Waals surface area contributed by atoms with Crippen LogP contribution in [0, 0.1) is 0 Å². The molecule has 0 saturated carbocycles. The van der Waals surface area contributed by atoms with Gasteiger partial charge in [-0.05, 0) is 42.8 Å². The molecule has 0 spiro atoms. The largest absolute Gasteiger partial charge is 0.423 e. The molecule has 9 heteroatoms. The molecule has 8 nitrogen and oxygen atoms in total. The van der Waals surface area contributed by atoms with Crippen LogP contribution in [0.4, 0.5) is 26.4 Å². The highest BCUT2D eigenvalue weighted by atomic mass is 19.2. The molecule has 2 bridgehead atoms. The van der Waals surface area contributed by atoms with E-state index in [0.717, 1.165) is 25.2 Å². The average molecular weight is 433 g/mol. The third-order valence-corrected chi connectivity index (χ3v) is 5.92. The number of para-hydroxylation sites is 1. The van der Waals surface area contributed by atoms with Gasteiger partial charge in [-0.2, -0.15) is 4.39 Å². The first-order valence-electron chi connectivity index (χ1n) is 10.4. The second-order valence-electron chi connectivity index (χ2n) is 8.14. The van der Waals surface area contributed by atoms with Crippen LogP contribution in [0.5, 0.6) is 11.5 Å². The number of fused-ring (bicyclic) bond motifs is 5. The molecule has 3 aromatic rings. The summed E-state index contributed by atoms with van der Waals surface area (Å²) in [5, 5.41) is 2.92. The van der Waals surface area contributed by atoms with Crippen molar-refractivity contribution in [3.8, 4) is 22.8 Å². The van der Waals surface area contributed by atoms with Gasteiger partial charge >= 0.3 is 12.1 Å². The van der Waals surface area contributed by atoms with E-state index >= 15 is 0 Å². The van der Waals surface area contributed by atoms with Crippen LogP contribution < -0.4 is 24.6 Å². The van der Waals surface area contributed by atoms with Gasteiger partial charge in [0.05, 0.1) is 29.3 Å². The summed E-state index contributed by atoms with van der Waals surface area (Å²) in [5.74, 6) is 1.19. The number of benzene rings is 1. The first-order valence-corrected chi connectivity index (χ1v) is 10.4. The zero-order chi connectivity index (χ0) is 21.9. The fourth-order valence-electron chi connectivity index (χ4n) is 4.54. The fraction of sp³-hybridized carbons (Fsp3) is 0.261. The number of rotatable bonds is 2. The molecule has 2 amide bonds. The molecule has 3 aliphatic rings. The Labute approximate surface area is 183 Å². The van der Waals surface area contributed by atoms with Gasteiger partial charge in [-0.15, -0.1) is 0 Å². The highest BCUT2D eigenvalue weighted by molar-refractivity contribution is 6.04. The number of amides is 2. The Bertz CT molecular complexity index is 1220. The third-order valence-electron chi connectivity index (χ3n) is 5.92. The molecule has 0 radical (unpaired) electrons. The fourth-order valence-corrected chi connectivity index (χ4v) is 4.54. The van der Waals surface area contributed by atoms with Crippen LogP contribution in [0.15, 0.2) is 54.9 Å². The molecular formula is C23H20FN5O3. The van der Waals surface area contributed by atoms with E-state index in [-0.39, 0.29) is 12.1 Å². The number of aromatic nitrogens is 2. The van der Waals surface area contributed by atoms with Crippen LogP contribution in [-0.4, -0.2) is 41.2 Å². The quantitative estimate of drug-likeness (QED) is 0.653. The first kappa shape index (κ1) is 18.9. The lowest BCUT2D eigenvalue weighted by atomic mass is 10.1. The van der Waals surface area contributed by atoms with Gasteiger partial charge in [0.2, 0.25) is 0 Å². The van der Waals surface area contributed by atoms with Crippen LogP contribution in [-0.2, 0) is 0 Å². The van der Waals surface area contributed by atoms with Gasteiger partial charge in [0, 0.05) is 31.8 Å². The molecule has 1 aromatic carbocycles. The maximum absolute atomic E-state index is 14.3. The summed E-state index contributed by atoms with van der Waals surface area (Å²) in [4.78, 5) is 26.1. The second-order valence-corrected chi connectivity index (χ2v) is 8.14. The Balaban J connectivity index is 1.41. The van der Waals surface area contributed by atoms with Crippen LogP contribution in [0.3, 0.4) is 0 Å². The molecule has 2 atom stereocenters. The minimum absolute atomic E-state index is 0.0112. The summed E-state index contributed by atoms with van der Waals surface area (Å²) in [6.07, 6.45) is 4.11. The number of halogens is 1. The monoisotopic (exact) mass is 433 g/mol. The van der Waals surface area contributed by atoms with Gasteiger partial charge in [0.1, 0.15) is 0 Å². The number of hydrogen-bond acceptors (Lipinski definition) is 6. The Morgan fingerprint density at radius 2 is 2.12 bits per heavy atom. The van der Waals surface area contributed by atoms with Crippen molar-refractivity contribution in [1.82, 2.24) is 9.97 Å². The van der Waals surface area contributed by atoms with E-state index in [1.165, 1.54) is 6.92 Å². The van der Waals surface area contributed by atoms with Crippen LogP contribution in [0.2, 0.25) is 0 Å². The molecule has 6 rings (SSSR count). The summed E-state index contributed by atoms with van der Waals surface area (Å²) in [6, 6.07) is 10.1. The first-order chi connectivity index (χ1) is 15.5. The highest BCUT2D eigenvalue weighted by Crippen LogP contribution is 2.47. The van der Waals surface area contributed by atoms with Gasteiger partial charge in [0.25, 0.3) is 0 Å². The lowest BCUT2D eigenvalue weighted by Crippen LogP contribution is -2.48. The number of pyridine rings is 2. The van der Waals surface area contributed by atoms with Gasteiger partial charge in [0.15, 0.2) is 17.3 Å². The molecule has 1 fully saturated rings. The van der Waals surface area contributed by atoms with Crippen molar-refractivity contribution in [2.75, 3.05) is 28.2 Å². The molecule has 162 valence electrons. The molecule has 3 aliphatic heterocycles. The third kappa shape index (κ3) is 3.00. The molecule has 1 unspecified atom stereocenters. The maximum atomic E-state index is 14.3. The number of anilines is 3. The summed E-state index contributed by atoms with van der Waals surface area (Å²) >= 11 is 0. The molecule has 0 aliphatic carbocycles. The van der Waals surface area contributed by atoms with E-state index in [0.29, 0.717) is 34.3 Å². The van der Waals surface area contributed by atoms with E-state index in [4.69, 9.17) is 14.5 Å². The van der Waals surface area contributed by atoms with Gasteiger partial charge < -0.3 is 19.7 Å². The van der Waals surface area contributed by atoms with Gasteiger partial charge in [-0.1, -0.05) is 6.07 Å². The Hall–Kier alpha value is -3.88. The van der Waals surface area contributed by atoms with Gasteiger partial charge in [-0.3, -0.25) is 9.88 Å². The molecule has 5 heterocycles. The number of alkyl halides is 1. The van der Waals surface area contributed by atoms with E-state index in [1.54, 1.807) is 47.6 Å². The number of hydrogen-bond donors (Lipinski definition) is 1. The molecule has 2 aromatic heterocycles. The highest BCUT2D eigenvalue weighted by Gasteiger charge is 2.41. The molecular weight excluding hydrogens is 413 g/mol. The van der Waals surface area contributed by atoms with Crippen molar-refractivity contribution in [1.29, 1.82) is 0 Å². The van der Waals surface area contributed by atoms with E-state index in [2.05, 4.69) is 15.2 Å². The minimum atomic E-state index is -2.23. The summed E-state index contributed by atoms with van der Waals surface area (Å²) in [5.41, 5.74) is 2.68. The second kappa shape index (κ2) is 6.81. The summed E-state index contributed by atoms with van der Waals surface area (Å²) < 4.78 is 24.9. The van der Waals surface area contributed by atoms with E-state index in [9.17, 15) is 9.18 Å². The smallest absolute Gasteiger partial charge is 0.404 e. The van der Waals surface area contributed by atoms with E-state index < -0.39 is 6.04 Å². The molecule has 1 N–H and O–H groups in total. The predicted octanol–water partition coefficient (Wildman–Crippen LogP) is 4.19. The Kier molecular flexibility index (Phi) is 4.01. The van der Waals surface area contributed by atoms with Crippen molar-refractivity contribution < 1.29 is 18.7 Å². The zero-order valence-corrected chi connectivity index (χ0v) is 17.3. The zero-order valence-electron chi connectivity index (χ0n) is 17.3. The van der Waals surface area contributed by atoms with Crippen molar-refractivity contribution >= 4 is 23.2 Å². The number of nitrogens with one attached hydrogen (secondary N) is 1. The van der Waals surface area contributed by atoms with Crippen molar-refractivity contribution in [3.63, 3.8) is 0 Å². The van der Waals surface area contributed by atoms with Crippen molar-refractivity contribution in [2.45, 2.75) is 25.4 Å². The summed E-state index contributed by atoms with van der Waals surface area (Å²) in [7, 11) is 0. The van der Waals surface area contributed by atoms with Gasteiger partial charge in [-0.25, -0.2) is 9.78 Å². The standard InChI is InChI=1S/C23H20FN5O3/c1-23(24)31-19-6-2-5-16(20(19)32-23)17-7-8-18-21(27-17)29(15-9-11-28(18)13-15)22(30)26-14-4-3-10-25-12-14/h2-8,10,12,15H,9,11,13H2,1H3,(H,26,30)/t15-,23?/m0/s1. The van der Waals surface area contributed by atoms with Crippen molar-refractivity contribution in [2.24, 2.45) is 0 Å². The van der Waals surface area contributed by atoms with Crippen LogP contribution in [0.1, 0.15) is 13.3 Å². The minimum Gasteiger partial charge on any atom is -0.423 e. The number of nitrogens with zero attached hydrogens (tertiary/aromatic N) is 4. The number of ether oxygens (including phenoxy) is 2. The van der Waals surface area contributed by atoms with Crippen LogP contribution >= 0.6 is 0 Å². The normalized spacial score (nSPS) is 22.6. The topological polar surface area (TPSA) is 79.8 Å². The molecule has 32 heavy (non-hydrogen) atoms. The average Bonchev–Trinajstić information content (AvgIpc) is 3.34. The molecule has 1 saturated heterocycles. The summed E-state index contributed by atoms with van der Waals surface area (Å²) in [6.45, 7) is 2.83. The lowest BCUT2D eigenvalue weighted by molar-refractivity contribution is -0.173. The number of carbonyl (C=O) groups is 1. The maximum Gasteiger partial charge on any atom is 0.404 e. The SMILES string of the molecule is CC1(F)Oc2cccc(-c3ccc4c(n3)N(C(=O)Nc3cccnc3)[C@H]3CCN4C3)c2O1. The Morgan fingerprint density at radius 1 is 1.22 bits per heavy atom. The van der Waals surface area contributed by atoms with Crippen LogP contribution in [0.25, 0.3) is 11.3 Å². The van der Waals surface area contributed by atoms with Crippen molar-refractivity contribution in [3.05, 3.63) is 54.9 Å². The lowest BCUT2D eigenvalue weighted by Gasteiger charge is -2.36. The number of urea groups is 1. The number of carbonyl (C=O) groups excluding carboxylic acids is 1. The van der Waals surface area contributed by atoms with E-state index in [1.807, 2.05) is 12.1 Å².